The van der Waals surface area contributed by atoms with Crippen molar-refractivity contribution in [2.45, 2.75) is 13.0 Å². The zero-order chi connectivity index (χ0) is 16.8. The van der Waals surface area contributed by atoms with Gasteiger partial charge in [0.25, 0.3) is 0 Å². The van der Waals surface area contributed by atoms with Crippen molar-refractivity contribution >= 4 is 34.5 Å². The van der Waals surface area contributed by atoms with Gasteiger partial charge in [-0.25, -0.2) is 4.79 Å². The van der Waals surface area contributed by atoms with Crippen molar-refractivity contribution in [1.29, 1.82) is 0 Å². The molecule has 1 aromatic heterocycles. The number of likely N-dealkylation sites (N-methyl/N-ethyl adjacent to an activating group) is 1. The number of carbonyl (C=O) groups excluding carboxylic acids is 2. The molecule has 0 saturated carbocycles. The van der Waals surface area contributed by atoms with Crippen LogP contribution in [-0.4, -0.2) is 41.2 Å². The summed E-state index contributed by atoms with van der Waals surface area (Å²) in [4.78, 5) is 33.6. The molecule has 8 heteroatoms. The summed E-state index contributed by atoms with van der Waals surface area (Å²) in [5.74, 6) is -1.09. The van der Waals surface area contributed by atoms with Crippen LogP contribution in [0.1, 0.15) is 6.42 Å². The molecule has 0 unspecified atom stereocenters. The first-order valence-electron chi connectivity index (χ1n) is 7.05. The van der Waals surface area contributed by atoms with Crippen molar-refractivity contribution in [1.82, 2.24) is 15.2 Å². The number of nitrogens with zero attached hydrogens (tertiary/aromatic N) is 1. The van der Waals surface area contributed by atoms with Crippen LogP contribution in [0.25, 0.3) is 10.9 Å². The summed E-state index contributed by atoms with van der Waals surface area (Å²) in [6.45, 7) is 0.241. The molecule has 0 aliphatic carbocycles. The molecular formula is C15H18N4O4. The fraction of sp³-hybridized carbons (Fsp3) is 0.267. The molecule has 0 spiro atoms. The predicted octanol–water partition coefficient (Wildman–Crippen LogP) is 0.983. The summed E-state index contributed by atoms with van der Waals surface area (Å²) in [6.07, 6.45) is 1.66. The number of fused-ring (bicyclic) bond motifs is 1. The minimum atomic E-state index is -0.973. The average Bonchev–Trinajstić information content (AvgIpc) is 2.89. The van der Waals surface area contributed by atoms with E-state index in [-0.39, 0.29) is 25.4 Å². The van der Waals surface area contributed by atoms with Crippen molar-refractivity contribution in [2.75, 3.05) is 18.9 Å². The summed E-state index contributed by atoms with van der Waals surface area (Å²) < 4.78 is 1.78. The fourth-order valence-electron chi connectivity index (χ4n) is 2.09. The zero-order valence-electron chi connectivity index (χ0n) is 12.6. The summed E-state index contributed by atoms with van der Waals surface area (Å²) in [5, 5.41) is 17.1. The largest absolute Gasteiger partial charge is 0.481 e. The van der Waals surface area contributed by atoms with Gasteiger partial charge in [-0.1, -0.05) is 6.07 Å². The Hall–Kier alpha value is -3.03. The van der Waals surface area contributed by atoms with Crippen molar-refractivity contribution in [2.24, 2.45) is 0 Å². The van der Waals surface area contributed by atoms with E-state index >= 15 is 0 Å². The van der Waals surface area contributed by atoms with Crippen molar-refractivity contribution in [3.63, 3.8) is 0 Å². The van der Waals surface area contributed by atoms with Gasteiger partial charge in [0.05, 0.1) is 11.9 Å². The first-order chi connectivity index (χ1) is 11.0. The maximum atomic E-state index is 11.7. The molecule has 2 aromatic rings. The molecule has 122 valence electrons. The van der Waals surface area contributed by atoms with Crippen LogP contribution in [0.15, 0.2) is 30.5 Å². The highest BCUT2D eigenvalue weighted by molar-refractivity contribution is 5.93. The number of carboxylic acids is 1. The number of hydrogen-bond acceptors (Lipinski definition) is 3. The van der Waals surface area contributed by atoms with Gasteiger partial charge in [0, 0.05) is 25.5 Å². The number of aromatic nitrogens is 1. The van der Waals surface area contributed by atoms with Crippen LogP contribution in [0.5, 0.6) is 0 Å². The van der Waals surface area contributed by atoms with Gasteiger partial charge in [0.1, 0.15) is 6.54 Å². The lowest BCUT2D eigenvalue weighted by Crippen LogP contribution is -2.30. The number of rotatable bonds is 6. The second-order valence-corrected chi connectivity index (χ2v) is 4.92. The summed E-state index contributed by atoms with van der Waals surface area (Å²) in [5.41, 5.74) is 1.37. The van der Waals surface area contributed by atoms with Crippen LogP contribution in [0, 0.1) is 0 Å². The number of amides is 3. The third-order valence-electron chi connectivity index (χ3n) is 3.25. The normalized spacial score (nSPS) is 10.3. The van der Waals surface area contributed by atoms with E-state index < -0.39 is 12.0 Å². The molecule has 0 saturated heterocycles. The van der Waals surface area contributed by atoms with Gasteiger partial charge in [-0.15, -0.1) is 0 Å². The molecule has 8 nitrogen and oxygen atoms in total. The number of anilines is 1. The van der Waals surface area contributed by atoms with E-state index in [1.807, 2.05) is 12.1 Å². The van der Waals surface area contributed by atoms with E-state index in [9.17, 15) is 14.4 Å². The predicted molar refractivity (Wildman–Crippen MR) is 85.3 cm³/mol. The van der Waals surface area contributed by atoms with Crippen molar-refractivity contribution in [3.05, 3.63) is 30.5 Å². The van der Waals surface area contributed by atoms with Crippen LogP contribution in [0.4, 0.5) is 10.5 Å². The first-order valence-corrected chi connectivity index (χ1v) is 7.05. The fourth-order valence-corrected chi connectivity index (χ4v) is 2.09. The van der Waals surface area contributed by atoms with E-state index in [0.717, 1.165) is 10.9 Å². The third-order valence-corrected chi connectivity index (χ3v) is 3.25. The second-order valence-electron chi connectivity index (χ2n) is 4.92. The third kappa shape index (κ3) is 4.47. The smallest absolute Gasteiger partial charge is 0.319 e. The molecule has 1 heterocycles. The summed E-state index contributed by atoms with van der Waals surface area (Å²) in [6, 6.07) is 6.74. The summed E-state index contributed by atoms with van der Waals surface area (Å²) in [7, 11) is 1.57. The SMILES string of the molecule is CNC(=O)Cn1ccc2ccc(NC(=O)NCCC(=O)O)cc21. The van der Waals surface area contributed by atoms with Gasteiger partial charge in [-0.05, 0) is 23.6 Å². The molecular weight excluding hydrogens is 300 g/mol. The van der Waals surface area contributed by atoms with Gasteiger partial charge in [0.2, 0.25) is 5.91 Å². The van der Waals surface area contributed by atoms with E-state index in [2.05, 4.69) is 16.0 Å². The maximum absolute atomic E-state index is 11.7. The minimum Gasteiger partial charge on any atom is -0.481 e. The molecule has 23 heavy (non-hydrogen) atoms. The van der Waals surface area contributed by atoms with Crippen LogP contribution in [0.3, 0.4) is 0 Å². The number of hydrogen-bond donors (Lipinski definition) is 4. The van der Waals surface area contributed by atoms with Crippen molar-refractivity contribution in [3.8, 4) is 0 Å². The minimum absolute atomic E-state index is 0.0520. The van der Waals surface area contributed by atoms with Gasteiger partial charge in [0.15, 0.2) is 0 Å². The Bertz CT molecular complexity index is 738. The van der Waals surface area contributed by atoms with Gasteiger partial charge in [-0.3, -0.25) is 9.59 Å². The Morgan fingerprint density at radius 3 is 2.70 bits per heavy atom. The Kier molecular flexibility index (Phi) is 5.19. The molecule has 4 N–H and O–H groups in total. The van der Waals surface area contributed by atoms with Gasteiger partial charge < -0.3 is 25.6 Å². The lowest BCUT2D eigenvalue weighted by Gasteiger charge is -2.08. The average molecular weight is 318 g/mol. The molecule has 0 aliphatic heterocycles. The molecule has 3 amide bonds. The van der Waals surface area contributed by atoms with Crippen LogP contribution in [-0.2, 0) is 16.1 Å². The Morgan fingerprint density at radius 1 is 1.22 bits per heavy atom. The van der Waals surface area contributed by atoms with E-state index in [1.54, 1.807) is 29.9 Å². The molecule has 1 aromatic carbocycles. The highest BCUT2D eigenvalue weighted by Crippen LogP contribution is 2.20. The molecule has 0 aliphatic rings. The van der Waals surface area contributed by atoms with Crippen LogP contribution < -0.4 is 16.0 Å². The Balaban J connectivity index is 2.06. The van der Waals surface area contributed by atoms with E-state index in [0.29, 0.717) is 5.69 Å². The number of carbonyl (C=O) groups is 3. The van der Waals surface area contributed by atoms with E-state index in [1.165, 1.54) is 0 Å². The highest BCUT2D eigenvalue weighted by atomic mass is 16.4. The monoisotopic (exact) mass is 318 g/mol. The number of aliphatic carboxylic acids is 1. The highest BCUT2D eigenvalue weighted by Gasteiger charge is 2.08. The number of benzene rings is 1. The standard InChI is InChI=1S/C15H18N4O4/c1-16-13(20)9-19-7-5-10-2-3-11(8-12(10)19)18-15(23)17-6-4-14(21)22/h2-3,5,7-8H,4,6,9H2,1H3,(H,16,20)(H,21,22)(H2,17,18,23). The molecule has 2 rings (SSSR count). The van der Waals surface area contributed by atoms with Gasteiger partial charge >= 0.3 is 12.0 Å². The quantitative estimate of drug-likeness (QED) is 0.636. The second kappa shape index (κ2) is 7.30. The lowest BCUT2D eigenvalue weighted by atomic mass is 10.2. The number of nitrogens with one attached hydrogen (secondary N) is 3. The number of carboxylic acid groups (broad SMARTS) is 1. The zero-order valence-corrected chi connectivity index (χ0v) is 12.6. The first kappa shape index (κ1) is 16.3. The molecule has 0 fully saturated rings. The van der Waals surface area contributed by atoms with Crippen LogP contribution in [0.2, 0.25) is 0 Å². The maximum Gasteiger partial charge on any atom is 0.319 e. The van der Waals surface area contributed by atoms with Crippen molar-refractivity contribution < 1.29 is 19.5 Å². The summed E-state index contributed by atoms with van der Waals surface area (Å²) >= 11 is 0. The van der Waals surface area contributed by atoms with E-state index in [4.69, 9.17) is 5.11 Å². The van der Waals surface area contributed by atoms with Gasteiger partial charge in [-0.2, -0.15) is 0 Å². The molecule has 0 radical (unpaired) electrons. The molecule has 0 atom stereocenters. The topological polar surface area (TPSA) is 112 Å². The number of urea groups is 1. The molecule has 0 bridgehead atoms. The lowest BCUT2D eigenvalue weighted by molar-refractivity contribution is -0.136. The van der Waals surface area contributed by atoms with Crippen LogP contribution >= 0.6 is 0 Å². The Morgan fingerprint density at radius 2 is 2.00 bits per heavy atom. The Labute approximate surface area is 132 Å².